The highest BCUT2D eigenvalue weighted by Gasteiger charge is 2.19. The number of methoxy groups -OCH3 is 1. The zero-order valence-corrected chi connectivity index (χ0v) is 9.12. The Kier molecular flexibility index (Phi) is 4.33. The number of carbonyl (C=O) groups is 2. The summed E-state index contributed by atoms with van der Waals surface area (Å²) in [6.45, 7) is 0.0855. The van der Waals surface area contributed by atoms with Gasteiger partial charge in [0, 0.05) is 6.42 Å². The first kappa shape index (κ1) is 12.8. The predicted octanol–water partition coefficient (Wildman–Crippen LogP) is 0.569. The maximum atomic E-state index is 10.7. The van der Waals surface area contributed by atoms with Gasteiger partial charge in [0.2, 0.25) is 6.10 Å². The Morgan fingerprint density at radius 2 is 2.24 bits per heavy atom. The number of carboxylic acid groups (broad SMARTS) is 1. The molecule has 1 unspecified atom stereocenters. The minimum atomic E-state index is -1.26. The van der Waals surface area contributed by atoms with Crippen molar-refractivity contribution in [3.63, 3.8) is 0 Å². The van der Waals surface area contributed by atoms with Gasteiger partial charge in [-0.2, -0.15) is 0 Å². The van der Waals surface area contributed by atoms with Gasteiger partial charge in [-0.3, -0.25) is 4.79 Å². The maximum Gasteiger partial charge on any atom is 0.345 e. The summed E-state index contributed by atoms with van der Waals surface area (Å²) < 4.78 is 9.26. The summed E-state index contributed by atoms with van der Waals surface area (Å²) >= 11 is 0. The van der Waals surface area contributed by atoms with Crippen LogP contribution in [0.3, 0.4) is 0 Å². The van der Waals surface area contributed by atoms with Crippen molar-refractivity contribution in [1.29, 1.82) is 0 Å². The molecule has 92 valence electrons. The van der Waals surface area contributed by atoms with E-state index in [0.29, 0.717) is 5.56 Å². The third-order valence-corrected chi connectivity index (χ3v) is 2.16. The van der Waals surface area contributed by atoms with Gasteiger partial charge < -0.3 is 19.7 Å². The average Bonchev–Trinajstić information content (AvgIpc) is 2.28. The fraction of sp³-hybridized carbons (Fsp3) is 0.273. The monoisotopic (exact) mass is 240 g/mol. The van der Waals surface area contributed by atoms with Gasteiger partial charge in [0.1, 0.15) is 0 Å². The number of aliphatic carboxylic acids is 1. The van der Waals surface area contributed by atoms with Gasteiger partial charge >= 0.3 is 5.97 Å². The molecule has 2 N–H and O–H groups in total. The zero-order chi connectivity index (χ0) is 12.8. The van der Waals surface area contributed by atoms with Crippen LogP contribution in [0, 0.1) is 0 Å². The molecular weight excluding hydrogens is 228 g/mol. The third-order valence-electron chi connectivity index (χ3n) is 2.16. The van der Waals surface area contributed by atoms with Gasteiger partial charge in [-0.15, -0.1) is 0 Å². The molecule has 0 saturated carbocycles. The van der Waals surface area contributed by atoms with E-state index in [2.05, 4.69) is 4.74 Å². The second-order valence-corrected chi connectivity index (χ2v) is 3.27. The molecule has 0 bridgehead atoms. The number of aromatic hydroxyl groups is 1. The molecule has 0 aliphatic heterocycles. The fourth-order valence-electron chi connectivity index (χ4n) is 1.34. The molecule has 1 aromatic rings. The molecule has 6 nitrogen and oxygen atoms in total. The van der Waals surface area contributed by atoms with E-state index in [-0.39, 0.29) is 24.4 Å². The molecule has 0 aromatic heterocycles. The van der Waals surface area contributed by atoms with Crippen LogP contribution < -0.4 is 4.74 Å². The summed E-state index contributed by atoms with van der Waals surface area (Å²) in [7, 11) is 1.41. The van der Waals surface area contributed by atoms with Gasteiger partial charge in [-0.05, 0) is 17.7 Å². The second kappa shape index (κ2) is 5.74. The van der Waals surface area contributed by atoms with Crippen LogP contribution in [0.2, 0.25) is 0 Å². The van der Waals surface area contributed by atoms with Crippen molar-refractivity contribution in [2.75, 3.05) is 7.11 Å². The van der Waals surface area contributed by atoms with Crippen molar-refractivity contribution in [2.45, 2.75) is 12.5 Å². The van der Waals surface area contributed by atoms with Crippen molar-refractivity contribution >= 4 is 12.4 Å². The molecule has 0 spiro atoms. The Morgan fingerprint density at radius 3 is 2.71 bits per heavy atom. The Balaban J connectivity index is 2.82. The molecule has 0 radical (unpaired) electrons. The van der Waals surface area contributed by atoms with Crippen LogP contribution in [0.25, 0.3) is 0 Å². The van der Waals surface area contributed by atoms with Gasteiger partial charge in [0.15, 0.2) is 11.5 Å². The molecule has 17 heavy (non-hydrogen) atoms. The number of hydrogen-bond donors (Lipinski definition) is 2. The fourth-order valence-corrected chi connectivity index (χ4v) is 1.34. The van der Waals surface area contributed by atoms with Crippen molar-refractivity contribution in [3.8, 4) is 11.5 Å². The van der Waals surface area contributed by atoms with Crippen molar-refractivity contribution in [1.82, 2.24) is 0 Å². The van der Waals surface area contributed by atoms with Gasteiger partial charge in [-0.25, -0.2) is 4.79 Å². The van der Waals surface area contributed by atoms with E-state index < -0.39 is 12.1 Å². The summed E-state index contributed by atoms with van der Waals surface area (Å²) in [4.78, 5) is 20.9. The summed E-state index contributed by atoms with van der Waals surface area (Å²) in [6, 6.07) is 4.45. The third kappa shape index (κ3) is 3.37. The molecule has 1 aromatic carbocycles. The normalized spacial score (nSPS) is 11.6. The smallest absolute Gasteiger partial charge is 0.345 e. The van der Waals surface area contributed by atoms with E-state index in [1.54, 1.807) is 6.07 Å². The summed E-state index contributed by atoms with van der Waals surface area (Å²) in [5.41, 5.74) is 0.526. The number of ether oxygens (including phenoxy) is 2. The molecule has 0 heterocycles. The number of carbonyl (C=O) groups excluding carboxylic acids is 1. The first-order valence-corrected chi connectivity index (χ1v) is 4.76. The lowest BCUT2D eigenvalue weighted by Crippen LogP contribution is -2.25. The number of carboxylic acids is 1. The van der Waals surface area contributed by atoms with Crippen LogP contribution in [-0.2, 0) is 20.7 Å². The van der Waals surface area contributed by atoms with Crippen molar-refractivity contribution in [2.24, 2.45) is 0 Å². The quantitative estimate of drug-likeness (QED) is 0.706. The highest BCUT2D eigenvalue weighted by Crippen LogP contribution is 2.26. The van der Waals surface area contributed by atoms with Crippen molar-refractivity contribution < 1.29 is 29.3 Å². The first-order chi connectivity index (χ1) is 8.08. The predicted molar refractivity (Wildman–Crippen MR) is 56.9 cm³/mol. The van der Waals surface area contributed by atoms with E-state index >= 15 is 0 Å². The summed E-state index contributed by atoms with van der Waals surface area (Å²) in [5.74, 6) is -1.05. The molecule has 1 rings (SSSR count). The van der Waals surface area contributed by atoms with E-state index in [1.807, 2.05) is 0 Å². The molecule has 0 fully saturated rings. The zero-order valence-electron chi connectivity index (χ0n) is 9.12. The lowest BCUT2D eigenvalue weighted by atomic mass is 10.1. The van der Waals surface area contributed by atoms with Crippen LogP contribution in [0.1, 0.15) is 5.56 Å². The lowest BCUT2D eigenvalue weighted by Gasteiger charge is -2.11. The standard InChI is InChI=1S/C11H12O6/c1-16-9-3-2-7(4-8(9)13)5-10(11(14)15)17-6-12/h2-4,6,10,13H,5H2,1H3,(H,14,15). The summed E-state index contributed by atoms with van der Waals surface area (Å²) in [6.07, 6.45) is -1.29. The molecule has 0 saturated heterocycles. The highest BCUT2D eigenvalue weighted by atomic mass is 16.5. The molecule has 0 aliphatic rings. The molecular formula is C11H12O6. The SMILES string of the molecule is COc1ccc(CC(OC=O)C(=O)O)cc1O. The first-order valence-electron chi connectivity index (χ1n) is 4.76. The van der Waals surface area contributed by atoms with Crippen LogP contribution in [0.15, 0.2) is 18.2 Å². The Labute approximate surface area is 97.4 Å². The second-order valence-electron chi connectivity index (χ2n) is 3.27. The minimum absolute atomic E-state index is 0.0222. The van der Waals surface area contributed by atoms with Crippen LogP contribution in [0.5, 0.6) is 11.5 Å². The van der Waals surface area contributed by atoms with Crippen LogP contribution in [-0.4, -0.2) is 35.9 Å². The molecule has 0 amide bonds. The molecule has 0 aliphatic carbocycles. The van der Waals surface area contributed by atoms with Crippen LogP contribution in [0.4, 0.5) is 0 Å². The number of benzene rings is 1. The van der Waals surface area contributed by atoms with Gasteiger partial charge in [-0.1, -0.05) is 6.07 Å². The van der Waals surface area contributed by atoms with Crippen molar-refractivity contribution in [3.05, 3.63) is 23.8 Å². The van der Waals surface area contributed by atoms with Gasteiger partial charge in [0.25, 0.3) is 6.47 Å². The Hall–Kier alpha value is -2.24. The van der Waals surface area contributed by atoms with E-state index in [4.69, 9.17) is 9.84 Å². The topological polar surface area (TPSA) is 93.1 Å². The lowest BCUT2D eigenvalue weighted by molar-refractivity contribution is -0.156. The minimum Gasteiger partial charge on any atom is -0.504 e. The van der Waals surface area contributed by atoms with E-state index in [0.717, 1.165) is 0 Å². The van der Waals surface area contributed by atoms with Gasteiger partial charge in [0.05, 0.1) is 7.11 Å². The summed E-state index contributed by atoms with van der Waals surface area (Å²) in [5, 5.41) is 18.3. The number of hydrogen-bond acceptors (Lipinski definition) is 5. The van der Waals surface area contributed by atoms with E-state index in [9.17, 15) is 14.7 Å². The average molecular weight is 240 g/mol. The Bertz CT molecular complexity index is 414. The molecule has 1 atom stereocenters. The maximum absolute atomic E-state index is 10.7. The Morgan fingerprint density at radius 1 is 1.53 bits per heavy atom. The largest absolute Gasteiger partial charge is 0.504 e. The highest BCUT2D eigenvalue weighted by molar-refractivity contribution is 5.74. The molecule has 6 heteroatoms. The number of phenols is 1. The van der Waals surface area contributed by atoms with E-state index in [1.165, 1.54) is 19.2 Å². The number of phenolic OH excluding ortho intramolecular Hbond substituents is 1. The van der Waals surface area contributed by atoms with Crippen LogP contribution >= 0.6 is 0 Å². The number of rotatable bonds is 6.